The van der Waals surface area contributed by atoms with Gasteiger partial charge in [0.2, 0.25) is 5.54 Å². The first-order valence-corrected chi connectivity index (χ1v) is 7.27. The number of hydrogen-bond donors (Lipinski definition) is 0. The van der Waals surface area contributed by atoms with Gasteiger partial charge in [0.15, 0.2) is 0 Å². The lowest BCUT2D eigenvalue weighted by molar-refractivity contribution is -0.373. The summed E-state index contributed by atoms with van der Waals surface area (Å²) in [6.45, 7) is -2.65. The van der Waals surface area contributed by atoms with E-state index in [-0.39, 0.29) is 6.42 Å². The Morgan fingerprint density at radius 1 is 0.679 bits per heavy atom. The van der Waals surface area contributed by atoms with Gasteiger partial charge in [-0.1, -0.05) is 6.42 Å². The molecule has 1 aliphatic heterocycles. The molecule has 2 nitrogen and oxygen atoms in total. The SMILES string of the molecule is O=C(C(=C(F)F)C(N1CCCCC1)(C(F)(F)F)C(F)(F)C(F)(F)F)C(F)(F)F. The number of halogens is 13. The van der Waals surface area contributed by atoms with Crippen molar-refractivity contribution in [1.82, 2.24) is 4.90 Å². The Morgan fingerprint density at radius 3 is 1.39 bits per heavy atom. The molecule has 1 aliphatic rings. The maximum Gasteiger partial charge on any atom is 0.456 e. The topological polar surface area (TPSA) is 20.3 Å². The molecule has 1 saturated heterocycles. The molecule has 1 unspecified atom stereocenters. The Bertz CT molecular complexity index is 620. The summed E-state index contributed by atoms with van der Waals surface area (Å²) in [7, 11) is 0. The Morgan fingerprint density at radius 2 is 1.11 bits per heavy atom. The van der Waals surface area contributed by atoms with Crippen molar-refractivity contribution >= 4 is 5.78 Å². The second kappa shape index (κ2) is 7.37. The minimum Gasteiger partial charge on any atom is -0.284 e. The van der Waals surface area contributed by atoms with Gasteiger partial charge < -0.3 is 0 Å². The van der Waals surface area contributed by atoms with Crippen LogP contribution in [0.25, 0.3) is 0 Å². The lowest BCUT2D eigenvalue weighted by Gasteiger charge is -2.50. The number of Topliss-reactive ketones (excluding diaryl/α,β-unsaturated/α-hetero) is 1. The molecule has 0 amide bonds. The number of carbonyl (C=O) groups excluding carboxylic acids is 1. The summed E-state index contributed by atoms with van der Waals surface area (Å²) in [5, 5.41) is 0. The van der Waals surface area contributed by atoms with Crippen molar-refractivity contribution in [2.45, 2.75) is 49.3 Å². The van der Waals surface area contributed by atoms with E-state index in [1.807, 2.05) is 0 Å². The second-order valence-electron chi connectivity index (χ2n) is 5.79. The summed E-state index contributed by atoms with van der Waals surface area (Å²) in [6.07, 6.45) is -26.1. The molecule has 0 radical (unpaired) electrons. The number of nitrogens with zero attached hydrogens (tertiary/aromatic N) is 1. The van der Waals surface area contributed by atoms with Crippen LogP contribution >= 0.6 is 0 Å². The Labute approximate surface area is 147 Å². The maximum atomic E-state index is 14.1. The summed E-state index contributed by atoms with van der Waals surface area (Å²) in [5.74, 6) is -11.4. The van der Waals surface area contributed by atoms with E-state index in [2.05, 4.69) is 0 Å². The van der Waals surface area contributed by atoms with Crippen molar-refractivity contribution in [3.05, 3.63) is 11.7 Å². The number of alkyl halides is 11. The van der Waals surface area contributed by atoms with Gasteiger partial charge in [-0.15, -0.1) is 0 Å². The molecule has 164 valence electrons. The van der Waals surface area contributed by atoms with Gasteiger partial charge in [0.1, 0.15) is 5.57 Å². The summed E-state index contributed by atoms with van der Waals surface area (Å²) >= 11 is 0. The van der Waals surface area contributed by atoms with E-state index in [0.717, 1.165) is 0 Å². The fraction of sp³-hybridized carbons (Fsp3) is 0.769. The minimum absolute atomic E-state index is 0.00754. The molecule has 1 atom stereocenters. The molecule has 0 spiro atoms. The third kappa shape index (κ3) is 3.81. The highest BCUT2D eigenvalue weighted by molar-refractivity contribution is 6.02. The molecule has 0 aromatic carbocycles. The van der Waals surface area contributed by atoms with Crippen molar-refractivity contribution in [3.8, 4) is 0 Å². The Kier molecular flexibility index (Phi) is 6.45. The van der Waals surface area contributed by atoms with Crippen LogP contribution in [0.5, 0.6) is 0 Å². The molecule has 0 N–H and O–H groups in total. The van der Waals surface area contributed by atoms with Crippen LogP contribution < -0.4 is 0 Å². The van der Waals surface area contributed by atoms with Gasteiger partial charge in [-0.3, -0.25) is 9.69 Å². The molecule has 0 aromatic heterocycles. The van der Waals surface area contributed by atoms with E-state index >= 15 is 0 Å². The molecular weight excluding hydrogens is 433 g/mol. The highest BCUT2D eigenvalue weighted by Crippen LogP contribution is 2.58. The monoisotopic (exact) mass is 443 g/mol. The molecule has 0 aliphatic carbocycles. The zero-order chi connectivity index (χ0) is 22.3. The van der Waals surface area contributed by atoms with Crippen LogP contribution in [-0.4, -0.2) is 53.8 Å². The van der Waals surface area contributed by atoms with Crippen LogP contribution in [0, 0.1) is 0 Å². The highest BCUT2D eigenvalue weighted by atomic mass is 19.4. The predicted octanol–water partition coefficient (Wildman–Crippen LogP) is 5.25. The summed E-state index contributed by atoms with van der Waals surface area (Å²) in [5.41, 5.74) is -10.2. The molecular formula is C13H10F13NO. The fourth-order valence-electron chi connectivity index (χ4n) is 2.98. The zero-order valence-corrected chi connectivity index (χ0v) is 13.3. The van der Waals surface area contributed by atoms with Crippen LogP contribution in [-0.2, 0) is 4.79 Å². The molecule has 0 bridgehead atoms. The molecule has 28 heavy (non-hydrogen) atoms. The van der Waals surface area contributed by atoms with Gasteiger partial charge >= 0.3 is 24.5 Å². The third-order valence-electron chi connectivity index (χ3n) is 4.09. The van der Waals surface area contributed by atoms with Crippen molar-refractivity contribution in [1.29, 1.82) is 0 Å². The lowest BCUT2D eigenvalue weighted by Crippen LogP contribution is -2.75. The van der Waals surface area contributed by atoms with Crippen molar-refractivity contribution in [3.63, 3.8) is 0 Å². The quantitative estimate of drug-likeness (QED) is 0.437. The van der Waals surface area contributed by atoms with Crippen molar-refractivity contribution in [2.75, 3.05) is 13.1 Å². The zero-order valence-electron chi connectivity index (χ0n) is 13.3. The summed E-state index contributed by atoms with van der Waals surface area (Å²) in [4.78, 5) is 10.4. The van der Waals surface area contributed by atoms with E-state index in [1.54, 1.807) is 0 Å². The Hall–Kier alpha value is -1.54. The normalized spacial score (nSPS) is 19.9. The van der Waals surface area contributed by atoms with Crippen LogP contribution in [0.3, 0.4) is 0 Å². The third-order valence-corrected chi connectivity index (χ3v) is 4.09. The summed E-state index contributed by atoms with van der Waals surface area (Å²) in [6, 6.07) is 0. The smallest absolute Gasteiger partial charge is 0.284 e. The van der Waals surface area contributed by atoms with Gasteiger partial charge in [-0.2, -0.15) is 57.1 Å². The number of likely N-dealkylation sites (tertiary alicyclic amines) is 1. The van der Waals surface area contributed by atoms with Crippen LogP contribution in [0.2, 0.25) is 0 Å². The minimum atomic E-state index is -7.22. The van der Waals surface area contributed by atoms with Crippen molar-refractivity contribution < 1.29 is 61.9 Å². The second-order valence-corrected chi connectivity index (χ2v) is 5.79. The number of rotatable bonds is 4. The molecule has 1 fully saturated rings. The fourth-order valence-corrected chi connectivity index (χ4v) is 2.98. The average Bonchev–Trinajstić information content (AvgIpc) is 2.48. The lowest BCUT2D eigenvalue weighted by atomic mass is 9.77. The largest absolute Gasteiger partial charge is 0.456 e. The van der Waals surface area contributed by atoms with Gasteiger partial charge in [-0.05, 0) is 25.9 Å². The number of piperidine rings is 1. The maximum absolute atomic E-state index is 14.1. The van der Waals surface area contributed by atoms with E-state index < -0.39 is 78.3 Å². The predicted molar refractivity (Wildman–Crippen MR) is 65.5 cm³/mol. The first-order valence-electron chi connectivity index (χ1n) is 7.27. The molecule has 1 heterocycles. The van der Waals surface area contributed by atoms with Gasteiger partial charge in [-0.25, -0.2) is 0 Å². The van der Waals surface area contributed by atoms with Gasteiger partial charge in [0.25, 0.3) is 11.9 Å². The van der Waals surface area contributed by atoms with E-state index in [4.69, 9.17) is 0 Å². The average molecular weight is 443 g/mol. The van der Waals surface area contributed by atoms with Crippen LogP contribution in [0.1, 0.15) is 19.3 Å². The van der Waals surface area contributed by atoms with Gasteiger partial charge in [0, 0.05) is 0 Å². The van der Waals surface area contributed by atoms with Crippen LogP contribution in [0.4, 0.5) is 57.1 Å². The van der Waals surface area contributed by atoms with Gasteiger partial charge in [0.05, 0.1) is 0 Å². The first kappa shape index (κ1) is 24.5. The van der Waals surface area contributed by atoms with E-state index in [1.165, 1.54) is 0 Å². The standard InChI is InChI=1S/C13H10F13NO/c14-8(15)6(7(28)10(16,17)18)9(12(21,22)23,11(19,20)13(24,25)26)27-4-2-1-3-5-27/h1-5H2. The Balaban J connectivity index is 4.09. The molecule has 0 aromatic rings. The van der Waals surface area contributed by atoms with E-state index in [0.29, 0.717) is 0 Å². The number of hydrogen-bond acceptors (Lipinski definition) is 2. The molecule has 0 saturated carbocycles. The number of ketones is 1. The summed E-state index contributed by atoms with van der Waals surface area (Å²) < 4.78 is 172. The van der Waals surface area contributed by atoms with E-state index in [9.17, 15) is 61.9 Å². The molecule has 1 rings (SSSR count). The molecule has 15 heteroatoms. The number of carbonyl (C=O) groups is 1. The van der Waals surface area contributed by atoms with Crippen LogP contribution in [0.15, 0.2) is 11.7 Å². The van der Waals surface area contributed by atoms with Crippen molar-refractivity contribution in [2.24, 2.45) is 0 Å². The highest BCUT2D eigenvalue weighted by Gasteiger charge is 2.85. The first-order chi connectivity index (χ1) is 12.3.